The zero-order chi connectivity index (χ0) is 28.3. The summed E-state index contributed by atoms with van der Waals surface area (Å²) in [6.07, 6.45) is 1.53. The summed E-state index contributed by atoms with van der Waals surface area (Å²) in [7, 11) is -4.01. The number of hydrogen-bond acceptors (Lipinski definition) is 4. The average Bonchev–Trinajstić information content (AvgIpc) is 3.19. The largest absolute Gasteiger partial charge is 0.318 e. The molecule has 1 aromatic heterocycles. The van der Waals surface area contributed by atoms with Gasteiger partial charge in [-0.25, -0.2) is 13.8 Å². The molecule has 0 aliphatic heterocycles. The summed E-state index contributed by atoms with van der Waals surface area (Å²) in [6.45, 7) is 7.26. The molecule has 0 radical (unpaired) electrons. The molecule has 0 saturated carbocycles. The summed E-state index contributed by atoms with van der Waals surface area (Å²) >= 11 is 12.3. The summed E-state index contributed by atoms with van der Waals surface area (Å²) in [4.78, 5) is 13.0. The van der Waals surface area contributed by atoms with Gasteiger partial charge in [0.25, 0.3) is 15.9 Å². The van der Waals surface area contributed by atoms with Crippen molar-refractivity contribution in [3.8, 4) is 5.69 Å². The highest BCUT2D eigenvalue weighted by atomic mass is 35.5. The lowest BCUT2D eigenvalue weighted by molar-refractivity contribution is -0.119. The van der Waals surface area contributed by atoms with E-state index in [0.29, 0.717) is 15.7 Å². The zero-order valence-electron chi connectivity index (χ0n) is 21.9. The van der Waals surface area contributed by atoms with E-state index in [2.05, 4.69) is 10.5 Å². The van der Waals surface area contributed by atoms with E-state index in [-0.39, 0.29) is 4.90 Å². The Morgan fingerprint density at radius 1 is 0.923 bits per heavy atom. The lowest BCUT2D eigenvalue weighted by atomic mass is 10.1. The van der Waals surface area contributed by atoms with Crippen LogP contribution in [0.2, 0.25) is 10.0 Å². The number of carbonyl (C=O) groups is 1. The molecular formula is C29H28Cl2N4O3S. The molecule has 0 bridgehead atoms. The van der Waals surface area contributed by atoms with Gasteiger partial charge >= 0.3 is 0 Å². The Morgan fingerprint density at radius 3 is 2.31 bits per heavy atom. The number of aryl methyl sites for hydroxylation is 3. The van der Waals surface area contributed by atoms with Crippen LogP contribution in [0.4, 0.5) is 5.69 Å². The van der Waals surface area contributed by atoms with Crippen molar-refractivity contribution in [2.24, 2.45) is 5.10 Å². The Kier molecular flexibility index (Phi) is 8.49. The quantitative estimate of drug-likeness (QED) is 0.194. The minimum Gasteiger partial charge on any atom is -0.318 e. The van der Waals surface area contributed by atoms with Gasteiger partial charge in [0.05, 0.1) is 26.8 Å². The molecule has 0 saturated heterocycles. The molecule has 0 spiro atoms. The van der Waals surface area contributed by atoms with Crippen LogP contribution in [0, 0.1) is 27.7 Å². The predicted octanol–water partition coefficient (Wildman–Crippen LogP) is 6.36. The van der Waals surface area contributed by atoms with Crippen LogP contribution in [0.25, 0.3) is 5.69 Å². The van der Waals surface area contributed by atoms with E-state index in [1.54, 1.807) is 42.5 Å². The van der Waals surface area contributed by atoms with Gasteiger partial charge in [0, 0.05) is 22.6 Å². The average molecular weight is 584 g/mol. The molecule has 1 amide bonds. The molecule has 7 nitrogen and oxygen atoms in total. The second kappa shape index (κ2) is 11.7. The Balaban J connectivity index is 1.56. The van der Waals surface area contributed by atoms with Crippen molar-refractivity contribution in [1.29, 1.82) is 0 Å². The van der Waals surface area contributed by atoms with Crippen LogP contribution in [-0.2, 0) is 14.8 Å². The number of benzene rings is 3. The third-order valence-electron chi connectivity index (χ3n) is 6.42. The van der Waals surface area contributed by atoms with E-state index in [1.807, 2.05) is 50.5 Å². The number of carbonyl (C=O) groups excluding carboxylic acids is 1. The van der Waals surface area contributed by atoms with E-state index in [1.165, 1.54) is 18.3 Å². The molecule has 0 unspecified atom stereocenters. The van der Waals surface area contributed by atoms with Crippen molar-refractivity contribution in [3.63, 3.8) is 0 Å². The molecule has 3 aromatic carbocycles. The second-order valence-corrected chi connectivity index (χ2v) is 11.8. The maximum atomic E-state index is 13.5. The predicted molar refractivity (Wildman–Crippen MR) is 158 cm³/mol. The summed E-state index contributed by atoms with van der Waals surface area (Å²) in [6, 6.07) is 20.6. The van der Waals surface area contributed by atoms with Crippen molar-refractivity contribution >= 4 is 51.0 Å². The molecule has 0 fully saturated rings. The smallest absolute Gasteiger partial charge is 0.264 e. The lowest BCUT2D eigenvalue weighted by Gasteiger charge is -2.24. The van der Waals surface area contributed by atoms with E-state index >= 15 is 0 Å². The number of hydrazone groups is 1. The zero-order valence-corrected chi connectivity index (χ0v) is 24.3. The SMILES string of the molecule is Cc1ccc(N(CC(=O)N/N=C\c2cc(C)n(-c3ccc(Cl)c(Cl)c3)c2C)S(=O)(=O)c2ccccc2)cc1C. The highest BCUT2D eigenvalue weighted by Gasteiger charge is 2.27. The molecule has 39 heavy (non-hydrogen) atoms. The Hall–Kier alpha value is -3.59. The van der Waals surface area contributed by atoms with Crippen LogP contribution in [0.5, 0.6) is 0 Å². The first-order chi connectivity index (χ1) is 18.5. The van der Waals surface area contributed by atoms with Gasteiger partial charge in [-0.15, -0.1) is 0 Å². The first-order valence-corrected chi connectivity index (χ1v) is 14.3. The summed E-state index contributed by atoms with van der Waals surface area (Å²) in [5, 5.41) is 5.02. The Morgan fingerprint density at radius 2 is 1.64 bits per heavy atom. The third-order valence-corrected chi connectivity index (χ3v) is 8.95. The molecule has 4 rings (SSSR count). The van der Waals surface area contributed by atoms with Gasteiger partial charge in [0.2, 0.25) is 0 Å². The van der Waals surface area contributed by atoms with E-state index in [9.17, 15) is 13.2 Å². The minimum absolute atomic E-state index is 0.0919. The number of nitrogens with one attached hydrogen (secondary N) is 1. The summed E-state index contributed by atoms with van der Waals surface area (Å²) < 4.78 is 30.1. The molecule has 1 heterocycles. The molecule has 0 aliphatic carbocycles. The number of aromatic nitrogens is 1. The third kappa shape index (κ3) is 6.19. The van der Waals surface area contributed by atoms with Gasteiger partial charge in [-0.2, -0.15) is 5.10 Å². The fraction of sp³-hybridized carbons (Fsp3) is 0.172. The second-order valence-electron chi connectivity index (χ2n) is 9.15. The number of sulfonamides is 1. The van der Waals surface area contributed by atoms with Gasteiger partial charge in [-0.3, -0.25) is 9.10 Å². The van der Waals surface area contributed by atoms with Crippen LogP contribution >= 0.6 is 23.2 Å². The molecule has 1 N–H and O–H groups in total. The molecule has 0 atom stereocenters. The summed E-state index contributed by atoms with van der Waals surface area (Å²) in [5.74, 6) is -0.581. The first kappa shape index (κ1) is 28.4. The number of anilines is 1. The number of hydrogen-bond donors (Lipinski definition) is 1. The van der Waals surface area contributed by atoms with Crippen LogP contribution in [0.15, 0.2) is 82.8 Å². The number of halogens is 2. The fourth-order valence-electron chi connectivity index (χ4n) is 4.19. The first-order valence-electron chi connectivity index (χ1n) is 12.1. The van der Waals surface area contributed by atoms with Gasteiger partial charge in [-0.05, 0) is 87.4 Å². The highest BCUT2D eigenvalue weighted by Crippen LogP contribution is 2.28. The standard InChI is InChI=1S/C29H28Cl2N4O3S/c1-19-10-11-24(14-20(19)2)34(39(37,38)26-8-6-5-7-9-26)18-29(36)33-32-17-23-15-21(3)35(22(23)4)25-12-13-27(30)28(31)16-25/h5-17H,18H2,1-4H3,(H,33,36)/b32-17-. The van der Waals surface area contributed by atoms with Crippen molar-refractivity contribution in [2.45, 2.75) is 32.6 Å². The Labute approximate surface area is 238 Å². The topological polar surface area (TPSA) is 83.8 Å². The van der Waals surface area contributed by atoms with Crippen LogP contribution in [0.3, 0.4) is 0 Å². The van der Waals surface area contributed by atoms with Gasteiger partial charge in [0.1, 0.15) is 6.54 Å². The van der Waals surface area contributed by atoms with Crippen molar-refractivity contribution in [2.75, 3.05) is 10.8 Å². The summed E-state index contributed by atoms with van der Waals surface area (Å²) in [5.41, 5.74) is 8.24. The maximum Gasteiger partial charge on any atom is 0.264 e. The molecule has 4 aromatic rings. The highest BCUT2D eigenvalue weighted by molar-refractivity contribution is 7.92. The van der Waals surface area contributed by atoms with Gasteiger partial charge < -0.3 is 4.57 Å². The monoisotopic (exact) mass is 582 g/mol. The van der Waals surface area contributed by atoms with E-state index in [4.69, 9.17) is 23.2 Å². The van der Waals surface area contributed by atoms with Crippen LogP contribution in [-0.4, -0.2) is 31.7 Å². The lowest BCUT2D eigenvalue weighted by Crippen LogP contribution is -2.39. The fourth-order valence-corrected chi connectivity index (χ4v) is 5.92. The molecule has 10 heteroatoms. The Bertz CT molecular complexity index is 1670. The van der Waals surface area contributed by atoms with Crippen molar-refractivity contribution in [3.05, 3.63) is 111 Å². The van der Waals surface area contributed by atoms with E-state index in [0.717, 1.165) is 38.1 Å². The van der Waals surface area contributed by atoms with E-state index < -0.39 is 22.5 Å². The van der Waals surface area contributed by atoms with Crippen LogP contribution < -0.4 is 9.73 Å². The number of amides is 1. The molecule has 0 aliphatic rings. The van der Waals surface area contributed by atoms with Gasteiger partial charge in [0.15, 0.2) is 0 Å². The minimum atomic E-state index is -4.01. The van der Waals surface area contributed by atoms with Crippen molar-refractivity contribution in [1.82, 2.24) is 9.99 Å². The molecule has 202 valence electrons. The molecular weight excluding hydrogens is 555 g/mol. The van der Waals surface area contributed by atoms with Crippen LogP contribution in [0.1, 0.15) is 28.1 Å². The number of nitrogens with zero attached hydrogens (tertiary/aromatic N) is 3. The van der Waals surface area contributed by atoms with Crippen molar-refractivity contribution < 1.29 is 13.2 Å². The van der Waals surface area contributed by atoms with Gasteiger partial charge in [-0.1, -0.05) is 47.5 Å². The normalized spacial score (nSPS) is 11.6. The number of rotatable bonds is 8. The maximum absolute atomic E-state index is 13.5.